The SMILES string of the molecule is CCCCC/C=C\C=C/[C@H](O)C/C=C\C/C=C/CCCC(=O)O[C@H](COC(=O)CCCCCCCCCCCCCCCCCCC(C)C)COP(=O)(O)OC[C@@H](O)CO. The number of aliphatic hydroxyl groups excluding tert-OH is 3. The first kappa shape index (κ1) is 57.9. The van der Waals surface area contributed by atoms with Gasteiger partial charge < -0.3 is 29.7 Å². The number of esters is 2. The van der Waals surface area contributed by atoms with Crippen LogP contribution in [0.2, 0.25) is 0 Å². The summed E-state index contributed by atoms with van der Waals surface area (Å²) in [7, 11) is -4.65. The minimum atomic E-state index is -4.65. The summed E-state index contributed by atoms with van der Waals surface area (Å²) in [5.74, 6) is -0.198. The zero-order valence-corrected chi connectivity index (χ0v) is 38.8. The third-order valence-corrected chi connectivity index (χ3v) is 10.9. The Bertz CT molecular complexity index is 1170. The average molecular weight is 871 g/mol. The monoisotopic (exact) mass is 871 g/mol. The van der Waals surface area contributed by atoms with Crippen LogP contribution < -0.4 is 0 Å². The zero-order chi connectivity index (χ0) is 44.4. The van der Waals surface area contributed by atoms with Crippen LogP contribution >= 0.6 is 7.82 Å². The molecule has 0 aliphatic heterocycles. The van der Waals surface area contributed by atoms with Crippen molar-refractivity contribution in [1.29, 1.82) is 0 Å². The summed E-state index contributed by atoms with van der Waals surface area (Å²) >= 11 is 0. The molecule has 0 amide bonds. The van der Waals surface area contributed by atoms with Gasteiger partial charge in [0.1, 0.15) is 12.7 Å². The second-order valence-corrected chi connectivity index (χ2v) is 17.9. The Morgan fingerprint density at radius 3 is 1.77 bits per heavy atom. The number of hydrogen-bond donors (Lipinski definition) is 4. The molecule has 0 aliphatic carbocycles. The summed E-state index contributed by atoms with van der Waals surface area (Å²) in [4.78, 5) is 35.1. The van der Waals surface area contributed by atoms with E-state index in [-0.39, 0.29) is 19.4 Å². The van der Waals surface area contributed by atoms with Gasteiger partial charge in [0.25, 0.3) is 0 Å². The molecule has 11 nitrogen and oxygen atoms in total. The Morgan fingerprint density at radius 2 is 1.17 bits per heavy atom. The molecular formula is C48H87O11P. The molecule has 0 aliphatic rings. The molecule has 0 saturated carbocycles. The van der Waals surface area contributed by atoms with Crippen LogP contribution in [0.25, 0.3) is 0 Å². The molecule has 1 unspecified atom stereocenters. The van der Waals surface area contributed by atoms with Gasteiger partial charge in [-0.3, -0.25) is 18.6 Å². The van der Waals surface area contributed by atoms with Crippen LogP contribution in [0.4, 0.5) is 0 Å². The van der Waals surface area contributed by atoms with Crippen molar-refractivity contribution in [3.05, 3.63) is 48.6 Å². The number of carbonyl (C=O) groups excluding carboxylic acids is 2. The minimum absolute atomic E-state index is 0.0745. The fraction of sp³-hybridized carbons (Fsp3) is 0.792. The Morgan fingerprint density at radius 1 is 0.617 bits per heavy atom. The Balaban J connectivity index is 4.36. The number of ether oxygens (including phenoxy) is 2. The summed E-state index contributed by atoms with van der Waals surface area (Å²) in [6.45, 7) is 4.56. The van der Waals surface area contributed by atoms with Gasteiger partial charge in [-0.2, -0.15) is 0 Å². The topological polar surface area (TPSA) is 169 Å². The molecule has 0 fully saturated rings. The Hall–Kier alpha value is -2.11. The molecule has 0 heterocycles. The number of rotatable bonds is 43. The number of phosphoric ester groups is 1. The van der Waals surface area contributed by atoms with E-state index in [4.69, 9.17) is 19.1 Å². The van der Waals surface area contributed by atoms with Gasteiger partial charge >= 0.3 is 19.8 Å². The molecule has 0 aromatic rings. The first-order valence-corrected chi connectivity index (χ1v) is 25.1. The maximum atomic E-state index is 12.6. The first-order valence-electron chi connectivity index (χ1n) is 23.6. The summed E-state index contributed by atoms with van der Waals surface area (Å²) in [5.41, 5.74) is 0. The lowest BCUT2D eigenvalue weighted by Gasteiger charge is -2.20. The van der Waals surface area contributed by atoms with Crippen molar-refractivity contribution >= 4 is 19.8 Å². The van der Waals surface area contributed by atoms with Crippen LogP contribution in [-0.2, 0) is 32.7 Å². The molecule has 4 atom stereocenters. The summed E-state index contributed by atoms with van der Waals surface area (Å²) in [6.07, 6.45) is 41.1. The fourth-order valence-electron chi connectivity index (χ4n) is 6.31. The quantitative estimate of drug-likeness (QED) is 0.0151. The van der Waals surface area contributed by atoms with Gasteiger partial charge in [0, 0.05) is 12.8 Å². The van der Waals surface area contributed by atoms with Crippen molar-refractivity contribution in [3.63, 3.8) is 0 Å². The number of hydrogen-bond acceptors (Lipinski definition) is 10. The number of allylic oxidation sites excluding steroid dienone is 6. The summed E-state index contributed by atoms with van der Waals surface area (Å²) in [6, 6.07) is 0. The molecular weight excluding hydrogens is 783 g/mol. The van der Waals surface area contributed by atoms with Gasteiger partial charge in [0.15, 0.2) is 6.10 Å². The van der Waals surface area contributed by atoms with Crippen LogP contribution in [0.3, 0.4) is 0 Å². The van der Waals surface area contributed by atoms with Crippen LogP contribution in [0.5, 0.6) is 0 Å². The highest BCUT2D eigenvalue weighted by atomic mass is 31.2. The molecule has 4 N–H and O–H groups in total. The van der Waals surface area contributed by atoms with Crippen molar-refractivity contribution < 1.29 is 52.9 Å². The minimum Gasteiger partial charge on any atom is -0.462 e. The largest absolute Gasteiger partial charge is 0.472 e. The third kappa shape index (κ3) is 42.6. The molecule has 0 bridgehead atoms. The van der Waals surface area contributed by atoms with E-state index in [0.717, 1.165) is 31.6 Å². The third-order valence-electron chi connectivity index (χ3n) is 9.99. The van der Waals surface area contributed by atoms with E-state index in [0.29, 0.717) is 32.1 Å². The lowest BCUT2D eigenvalue weighted by molar-refractivity contribution is -0.161. The van der Waals surface area contributed by atoms with Gasteiger partial charge in [-0.1, -0.05) is 185 Å². The van der Waals surface area contributed by atoms with Gasteiger partial charge in [0.2, 0.25) is 0 Å². The lowest BCUT2D eigenvalue weighted by Crippen LogP contribution is -2.29. The van der Waals surface area contributed by atoms with Crippen molar-refractivity contribution in [2.24, 2.45) is 5.92 Å². The van der Waals surface area contributed by atoms with E-state index in [2.05, 4.69) is 31.4 Å². The number of carbonyl (C=O) groups is 2. The molecule has 60 heavy (non-hydrogen) atoms. The number of phosphoric acid groups is 1. The van der Waals surface area contributed by atoms with E-state index in [1.54, 1.807) is 6.08 Å². The number of unbranched alkanes of at least 4 members (excludes halogenated alkanes) is 19. The Kier molecular flexibility index (Phi) is 40.7. The standard InChI is InChI=1S/C48H87O11P/c1-4-5-6-7-19-25-30-35-44(50)36-31-26-21-18-23-28-33-38-48(53)59-46(42-58-60(54,55)57-40-45(51)39-49)41-56-47(52)37-32-27-22-17-15-13-11-9-8-10-12-14-16-20-24-29-34-43(2)3/h18-19,23,25-26,30-31,35,43-46,49-51H,4-17,20-22,24,27-29,32-34,36-42H2,1-3H3,(H,54,55)/b23-18+,25-19-,31-26-,35-30-/t44-,45-,46+/m0/s1. The van der Waals surface area contributed by atoms with Gasteiger partial charge in [-0.05, 0) is 50.9 Å². The van der Waals surface area contributed by atoms with E-state index in [9.17, 15) is 29.3 Å². The molecule has 350 valence electrons. The molecule has 12 heteroatoms. The smallest absolute Gasteiger partial charge is 0.462 e. The highest BCUT2D eigenvalue weighted by Crippen LogP contribution is 2.43. The highest BCUT2D eigenvalue weighted by Gasteiger charge is 2.27. The predicted molar refractivity (Wildman–Crippen MR) is 243 cm³/mol. The average Bonchev–Trinajstić information content (AvgIpc) is 3.22. The highest BCUT2D eigenvalue weighted by molar-refractivity contribution is 7.47. The zero-order valence-electron chi connectivity index (χ0n) is 37.9. The predicted octanol–water partition coefficient (Wildman–Crippen LogP) is 11.7. The molecule has 0 aromatic heterocycles. The second-order valence-electron chi connectivity index (χ2n) is 16.5. The summed E-state index contributed by atoms with van der Waals surface area (Å²) < 4.78 is 32.7. The van der Waals surface area contributed by atoms with Gasteiger partial charge in [-0.15, -0.1) is 0 Å². The van der Waals surface area contributed by atoms with E-state index < -0.39 is 57.9 Å². The molecule has 0 aromatic carbocycles. The maximum Gasteiger partial charge on any atom is 0.472 e. The van der Waals surface area contributed by atoms with Gasteiger partial charge in [0.05, 0.1) is 25.9 Å². The van der Waals surface area contributed by atoms with Crippen molar-refractivity contribution in [2.45, 2.75) is 212 Å². The Labute approximate surface area is 365 Å². The summed E-state index contributed by atoms with van der Waals surface area (Å²) in [5, 5.41) is 28.4. The molecule has 0 saturated heterocycles. The van der Waals surface area contributed by atoms with E-state index in [1.165, 1.54) is 103 Å². The molecule has 0 radical (unpaired) electrons. The van der Waals surface area contributed by atoms with Crippen molar-refractivity contribution in [2.75, 3.05) is 26.4 Å². The van der Waals surface area contributed by atoms with Crippen molar-refractivity contribution in [1.82, 2.24) is 0 Å². The van der Waals surface area contributed by atoms with Crippen LogP contribution in [-0.4, -0.2) is 76.9 Å². The molecule has 0 spiro atoms. The van der Waals surface area contributed by atoms with Crippen LogP contribution in [0.1, 0.15) is 194 Å². The van der Waals surface area contributed by atoms with Crippen molar-refractivity contribution in [3.8, 4) is 0 Å². The lowest BCUT2D eigenvalue weighted by atomic mass is 10.0. The fourth-order valence-corrected chi connectivity index (χ4v) is 7.10. The maximum absolute atomic E-state index is 12.6. The number of aliphatic hydroxyl groups is 3. The first-order chi connectivity index (χ1) is 29.0. The normalized spacial score (nSPS) is 14.8. The van der Waals surface area contributed by atoms with Crippen LogP contribution in [0.15, 0.2) is 48.6 Å². The van der Waals surface area contributed by atoms with E-state index in [1.807, 2.05) is 36.5 Å². The van der Waals surface area contributed by atoms with Crippen LogP contribution in [0, 0.1) is 5.92 Å². The second kappa shape index (κ2) is 42.2. The molecule has 0 rings (SSSR count). The van der Waals surface area contributed by atoms with E-state index >= 15 is 0 Å². The van der Waals surface area contributed by atoms with Gasteiger partial charge in [-0.25, -0.2) is 4.57 Å².